The number of benzene rings is 2. The average molecular weight is 419 g/mol. The molecule has 0 aliphatic rings. The predicted octanol–water partition coefficient (Wildman–Crippen LogP) is 5.63. The van der Waals surface area contributed by atoms with E-state index < -0.39 is 0 Å². The highest BCUT2D eigenvalue weighted by atomic mass is 32.2. The monoisotopic (exact) mass is 418 g/mol. The fourth-order valence-corrected chi connectivity index (χ4v) is 4.76. The zero-order valence-corrected chi connectivity index (χ0v) is 18.8. The zero-order chi connectivity index (χ0) is 21.4. The highest BCUT2D eigenvalue weighted by Gasteiger charge is 2.22. The van der Waals surface area contributed by atoms with Gasteiger partial charge in [-0.25, -0.2) is 0 Å². The maximum Gasteiger partial charge on any atom is 0.237 e. The van der Waals surface area contributed by atoms with E-state index >= 15 is 0 Å². The fourth-order valence-electron chi connectivity index (χ4n) is 3.80. The number of anilines is 1. The minimum Gasteiger partial charge on any atom is -0.325 e. The molecule has 154 valence electrons. The summed E-state index contributed by atoms with van der Waals surface area (Å²) in [7, 11) is 0. The molecule has 2 aromatic heterocycles. The van der Waals surface area contributed by atoms with E-state index in [9.17, 15) is 4.79 Å². The summed E-state index contributed by atoms with van der Waals surface area (Å²) < 4.78 is 2.09. The first-order chi connectivity index (χ1) is 14.4. The Bertz CT molecular complexity index is 1240. The van der Waals surface area contributed by atoms with Crippen LogP contribution in [0.3, 0.4) is 0 Å². The molecule has 0 aliphatic heterocycles. The van der Waals surface area contributed by atoms with E-state index in [1.807, 2.05) is 38.1 Å². The molecule has 0 aliphatic carbocycles. The molecule has 4 rings (SSSR count). The molecule has 0 bridgehead atoms. The zero-order valence-electron chi connectivity index (χ0n) is 18.0. The number of rotatable bonds is 5. The summed E-state index contributed by atoms with van der Waals surface area (Å²) in [6.45, 7) is 10.4. The van der Waals surface area contributed by atoms with Crippen LogP contribution in [0.5, 0.6) is 0 Å². The summed E-state index contributed by atoms with van der Waals surface area (Å²) in [4.78, 5) is 12.9. The van der Waals surface area contributed by atoms with E-state index in [0.717, 1.165) is 27.6 Å². The van der Waals surface area contributed by atoms with Gasteiger partial charge in [0.25, 0.3) is 0 Å². The maximum absolute atomic E-state index is 12.9. The molecular weight excluding hydrogens is 392 g/mol. The normalized spacial score (nSPS) is 12.4. The third kappa shape index (κ3) is 3.79. The molecule has 0 saturated heterocycles. The molecule has 1 N–H and O–H groups in total. The van der Waals surface area contributed by atoms with Gasteiger partial charge in [-0.3, -0.25) is 9.20 Å². The smallest absolute Gasteiger partial charge is 0.237 e. The van der Waals surface area contributed by atoms with Crippen LogP contribution in [0.1, 0.15) is 35.6 Å². The van der Waals surface area contributed by atoms with Gasteiger partial charge in [-0.05, 0) is 69.5 Å². The molecule has 0 fully saturated rings. The lowest BCUT2D eigenvalue weighted by Gasteiger charge is -2.15. The number of nitrogens with one attached hydrogen (secondary N) is 1. The van der Waals surface area contributed by atoms with Crippen LogP contribution >= 0.6 is 11.8 Å². The number of pyridine rings is 1. The van der Waals surface area contributed by atoms with Gasteiger partial charge in [0.2, 0.25) is 5.91 Å². The van der Waals surface area contributed by atoms with E-state index in [1.54, 1.807) is 0 Å². The first-order valence-electron chi connectivity index (χ1n) is 10.2. The van der Waals surface area contributed by atoms with Crippen molar-refractivity contribution >= 4 is 39.9 Å². The Morgan fingerprint density at radius 2 is 1.73 bits per heavy atom. The van der Waals surface area contributed by atoms with Gasteiger partial charge in [0, 0.05) is 11.1 Å². The van der Waals surface area contributed by atoms with Gasteiger partial charge in [0.1, 0.15) is 0 Å². The molecule has 1 amide bonds. The lowest BCUT2D eigenvalue weighted by Crippen LogP contribution is -2.24. The Hall–Kier alpha value is -2.86. The predicted molar refractivity (Wildman–Crippen MR) is 124 cm³/mol. The first-order valence-corrected chi connectivity index (χ1v) is 11.0. The largest absolute Gasteiger partial charge is 0.325 e. The van der Waals surface area contributed by atoms with E-state index in [2.05, 4.69) is 58.9 Å². The molecule has 5 nitrogen and oxygen atoms in total. The van der Waals surface area contributed by atoms with Gasteiger partial charge >= 0.3 is 0 Å². The number of nitrogens with zero attached hydrogens (tertiary/aromatic N) is 3. The Balaban J connectivity index is 1.71. The van der Waals surface area contributed by atoms with Crippen LogP contribution in [-0.4, -0.2) is 25.8 Å². The number of hydrogen-bond acceptors (Lipinski definition) is 4. The van der Waals surface area contributed by atoms with Crippen molar-refractivity contribution in [1.82, 2.24) is 14.6 Å². The highest BCUT2D eigenvalue weighted by Crippen LogP contribution is 2.31. The second kappa shape index (κ2) is 8.11. The molecule has 6 heteroatoms. The second-order valence-electron chi connectivity index (χ2n) is 7.85. The number of aromatic nitrogens is 3. The topological polar surface area (TPSA) is 59.3 Å². The first kappa shape index (κ1) is 20.4. The Kier molecular flexibility index (Phi) is 5.52. The molecule has 0 spiro atoms. The van der Waals surface area contributed by atoms with E-state index in [-0.39, 0.29) is 11.2 Å². The molecular formula is C24H26N4OS. The summed E-state index contributed by atoms with van der Waals surface area (Å²) in [5.74, 6) is -0.0212. The number of carbonyl (C=O) groups excluding carboxylic acids is 1. The lowest BCUT2D eigenvalue weighted by atomic mass is 10.0. The minimum absolute atomic E-state index is 0.0212. The lowest BCUT2D eigenvalue weighted by molar-refractivity contribution is -0.115. The van der Waals surface area contributed by atoms with E-state index in [4.69, 9.17) is 0 Å². The third-order valence-electron chi connectivity index (χ3n) is 5.33. The van der Waals surface area contributed by atoms with Crippen molar-refractivity contribution in [2.24, 2.45) is 0 Å². The van der Waals surface area contributed by atoms with E-state index in [0.29, 0.717) is 6.42 Å². The van der Waals surface area contributed by atoms with Crippen LogP contribution in [0.4, 0.5) is 5.69 Å². The van der Waals surface area contributed by atoms with Crippen molar-refractivity contribution in [3.63, 3.8) is 0 Å². The second-order valence-corrected chi connectivity index (χ2v) is 9.02. The summed E-state index contributed by atoms with van der Waals surface area (Å²) in [5.41, 5.74) is 7.48. The van der Waals surface area contributed by atoms with Gasteiger partial charge in [-0.15, -0.1) is 10.2 Å². The number of hydrogen-bond donors (Lipinski definition) is 1. The molecule has 30 heavy (non-hydrogen) atoms. The van der Waals surface area contributed by atoms with Gasteiger partial charge in [-0.2, -0.15) is 0 Å². The Labute approximate surface area is 180 Å². The highest BCUT2D eigenvalue weighted by molar-refractivity contribution is 8.00. The molecule has 0 radical (unpaired) electrons. The molecule has 0 saturated carbocycles. The Morgan fingerprint density at radius 3 is 2.43 bits per heavy atom. The van der Waals surface area contributed by atoms with Crippen LogP contribution in [0.25, 0.3) is 16.6 Å². The summed E-state index contributed by atoms with van der Waals surface area (Å²) >= 11 is 1.47. The molecule has 1 unspecified atom stereocenters. The van der Waals surface area contributed by atoms with Crippen molar-refractivity contribution in [3.05, 3.63) is 64.7 Å². The van der Waals surface area contributed by atoms with Gasteiger partial charge < -0.3 is 5.32 Å². The summed E-state index contributed by atoms with van der Waals surface area (Å²) in [6.07, 6.45) is 0.694. The number of thioether (sulfide) groups is 1. The van der Waals surface area contributed by atoms with Crippen LogP contribution in [0.15, 0.2) is 47.6 Å². The van der Waals surface area contributed by atoms with Crippen molar-refractivity contribution in [2.45, 2.75) is 51.4 Å². The van der Waals surface area contributed by atoms with Crippen molar-refractivity contribution in [2.75, 3.05) is 5.32 Å². The van der Waals surface area contributed by atoms with Crippen LogP contribution in [-0.2, 0) is 4.79 Å². The standard InChI is InChI=1S/C24H26N4OS/c1-6-20(23(29)25-18-9-7-14(2)8-10-18)30-24-27-26-21-13-16(4)19-12-15(3)11-17(5)22(19)28(21)24/h7-13,20H,6H2,1-5H3,(H,25,29). The molecule has 2 heterocycles. The average Bonchev–Trinajstić information content (AvgIpc) is 3.09. The van der Waals surface area contributed by atoms with E-state index in [1.165, 1.54) is 33.8 Å². The number of fused-ring (bicyclic) bond motifs is 3. The number of amides is 1. The van der Waals surface area contributed by atoms with Crippen molar-refractivity contribution in [1.29, 1.82) is 0 Å². The fraction of sp³-hybridized carbons (Fsp3) is 0.292. The molecule has 1 atom stereocenters. The molecule has 4 aromatic rings. The van der Waals surface area contributed by atoms with Crippen molar-refractivity contribution < 1.29 is 4.79 Å². The molecule has 2 aromatic carbocycles. The number of carbonyl (C=O) groups is 1. The Morgan fingerprint density at radius 1 is 1.00 bits per heavy atom. The third-order valence-corrected chi connectivity index (χ3v) is 6.63. The van der Waals surface area contributed by atoms with Gasteiger partial charge in [0.05, 0.1) is 10.8 Å². The van der Waals surface area contributed by atoms with Crippen LogP contribution in [0.2, 0.25) is 0 Å². The number of aryl methyl sites for hydroxylation is 4. The maximum atomic E-state index is 12.9. The summed E-state index contributed by atoms with van der Waals surface area (Å²) in [6, 6.07) is 14.3. The van der Waals surface area contributed by atoms with Crippen LogP contribution in [0, 0.1) is 27.7 Å². The van der Waals surface area contributed by atoms with Crippen LogP contribution < -0.4 is 5.32 Å². The quantitative estimate of drug-likeness (QED) is 0.427. The van der Waals surface area contributed by atoms with Gasteiger partial charge in [-0.1, -0.05) is 48.0 Å². The minimum atomic E-state index is -0.263. The van der Waals surface area contributed by atoms with Crippen molar-refractivity contribution in [3.8, 4) is 0 Å². The summed E-state index contributed by atoms with van der Waals surface area (Å²) in [5, 5.41) is 13.5. The SMILES string of the molecule is CCC(Sc1nnc2cc(C)c3cc(C)cc(C)c3n12)C(=O)Nc1ccc(C)cc1. The van der Waals surface area contributed by atoms with Gasteiger partial charge in [0.15, 0.2) is 10.8 Å².